The standard InChI is InChI=1S/C16H17ClN2OS/c17-10-15(20)19(11-12-6-2-1-3-7-12)16-18-13-8-4-5-9-14(13)21-16/h1-3,6-7H,4-5,8-11H2. The van der Waals surface area contributed by atoms with Crippen LogP contribution in [0.15, 0.2) is 30.3 Å². The summed E-state index contributed by atoms with van der Waals surface area (Å²) in [4.78, 5) is 19.9. The van der Waals surface area contributed by atoms with Gasteiger partial charge in [-0.1, -0.05) is 30.3 Å². The van der Waals surface area contributed by atoms with Gasteiger partial charge < -0.3 is 0 Å². The van der Waals surface area contributed by atoms with Crippen molar-refractivity contribution in [3.63, 3.8) is 0 Å². The zero-order chi connectivity index (χ0) is 14.7. The van der Waals surface area contributed by atoms with Crippen molar-refractivity contribution in [2.45, 2.75) is 32.2 Å². The summed E-state index contributed by atoms with van der Waals surface area (Å²) in [7, 11) is 0. The fourth-order valence-electron chi connectivity index (χ4n) is 2.55. The number of thiazole rings is 1. The highest BCUT2D eigenvalue weighted by atomic mass is 35.5. The molecular formula is C16H17ClN2OS. The molecule has 5 heteroatoms. The number of hydrogen-bond donors (Lipinski definition) is 0. The van der Waals surface area contributed by atoms with Crippen LogP contribution >= 0.6 is 22.9 Å². The Morgan fingerprint density at radius 3 is 2.71 bits per heavy atom. The Balaban J connectivity index is 1.88. The molecule has 1 heterocycles. The quantitative estimate of drug-likeness (QED) is 0.803. The predicted molar refractivity (Wildman–Crippen MR) is 87.1 cm³/mol. The van der Waals surface area contributed by atoms with E-state index < -0.39 is 0 Å². The lowest BCUT2D eigenvalue weighted by atomic mass is 10.0. The van der Waals surface area contributed by atoms with Gasteiger partial charge in [-0.25, -0.2) is 4.98 Å². The molecule has 1 aliphatic rings. The average Bonchev–Trinajstić information content (AvgIpc) is 2.96. The second kappa shape index (κ2) is 6.58. The van der Waals surface area contributed by atoms with Gasteiger partial charge in [0.05, 0.1) is 12.2 Å². The zero-order valence-electron chi connectivity index (χ0n) is 11.7. The van der Waals surface area contributed by atoms with E-state index in [2.05, 4.69) is 4.98 Å². The molecule has 0 fully saturated rings. The first-order chi connectivity index (χ1) is 10.3. The Hall–Kier alpha value is -1.39. The molecule has 0 atom stereocenters. The maximum Gasteiger partial charge on any atom is 0.244 e. The number of aryl methyl sites for hydroxylation is 2. The van der Waals surface area contributed by atoms with Gasteiger partial charge in [0.2, 0.25) is 5.91 Å². The number of halogens is 1. The van der Waals surface area contributed by atoms with Crippen LogP contribution in [-0.2, 0) is 24.2 Å². The molecule has 0 aliphatic heterocycles. The van der Waals surface area contributed by atoms with Crippen LogP contribution in [0.3, 0.4) is 0 Å². The number of aromatic nitrogens is 1. The fourth-order valence-corrected chi connectivity index (χ4v) is 3.86. The molecule has 0 spiro atoms. The normalized spacial score (nSPS) is 13.8. The second-order valence-electron chi connectivity index (χ2n) is 5.17. The third kappa shape index (κ3) is 3.27. The first-order valence-corrected chi connectivity index (χ1v) is 8.52. The van der Waals surface area contributed by atoms with Crippen molar-refractivity contribution in [3.05, 3.63) is 46.5 Å². The van der Waals surface area contributed by atoms with Crippen molar-refractivity contribution >= 4 is 34.0 Å². The van der Waals surface area contributed by atoms with Gasteiger partial charge in [-0.15, -0.1) is 22.9 Å². The van der Waals surface area contributed by atoms with Gasteiger partial charge in [0, 0.05) is 4.88 Å². The van der Waals surface area contributed by atoms with Crippen molar-refractivity contribution in [2.75, 3.05) is 10.8 Å². The summed E-state index contributed by atoms with van der Waals surface area (Å²) in [6.07, 6.45) is 4.52. The molecule has 21 heavy (non-hydrogen) atoms. The van der Waals surface area contributed by atoms with Gasteiger partial charge in [0.1, 0.15) is 5.88 Å². The highest BCUT2D eigenvalue weighted by Crippen LogP contribution is 2.32. The van der Waals surface area contributed by atoms with Crippen molar-refractivity contribution in [1.29, 1.82) is 0 Å². The number of nitrogens with zero attached hydrogens (tertiary/aromatic N) is 2. The number of rotatable bonds is 4. The smallest absolute Gasteiger partial charge is 0.244 e. The van der Waals surface area contributed by atoms with Crippen LogP contribution in [0.5, 0.6) is 0 Å². The lowest BCUT2D eigenvalue weighted by Gasteiger charge is -2.18. The van der Waals surface area contributed by atoms with Gasteiger partial charge in [0.15, 0.2) is 5.13 Å². The summed E-state index contributed by atoms with van der Waals surface area (Å²) >= 11 is 7.42. The number of amides is 1. The van der Waals surface area contributed by atoms with E-state index in [0.717, 1.165) is 23.5 Å². The van der Waals surface area contributed by atoms with Crippen molar-refractivity contribution in [2.24, 2.45) is 0 Å². The molecule has 0 unspecified atom stereocenters. The van der Waals surface area contributed by atoms with Gasteiger partial charge in [-0.2, -0.15) is 0 Å². The molecule has 0 saturated carbocycles. The predicted octanol–water partition coefficient (Wildman–Crippen LogP) is 3.79. The van der Waals surface area contributed by atoms with E-state index in [4.69, 9.17) is 11.6 Å². The van der Waals surface area contributed by atoms with Crippen LogP contribution in [0.2, 0.25) is 0 Å². The number of hydrogen-bond acceptors (Lipinski definition) is 3. The lowest BCUT2D eigenvalue weighted by molar-refractivity contribution is -0.116. The van der Waals surface area contributed by atoms with Crippen LogP contribution in [0, 0.1) is 0 Å². The second-order valence-corrected chi connectivity index (χ2v) is 6.50. The first-order valence-electron chi connectivity index (χ1n) is 7.17. The highest BCUT2D eigenvalue weighted by molar-refractivity contribution is 7.16. The number of carbonyl (C=O) groups excluding carboxylic acids is 1. The summed E-state index contributed by atoms with van der Waals surface area (Å²) in [5.74, 6) is -0.108. The van der Waals surface area contributed by atoms with Gasteiger partial charge >= 0.3 is 0 Å². The summed E-state index contributed by atoms with van der Waals surface area (Å²) in [6, 6.07) is 9.96. The highest BCUT2D eigenvalue weighted by Gasteiger charge is 2.22. The molecule has 0 N–H and O–H groups in total. The fraction of sp³-hybridized carbons (Fsp3) is 0.375. The van der Waals surface area contributed by atoms with E-state index in [-0.39, 0.29) is 11.8 Å². The van der Waals surface area contributed by atoms with Crippen LogP contribution < -0.4 is 4.90 Å². The monoisotopic (exact) mass is 320 g/mol. The Labute approximate surface area is 133 Å². The Kier molecular flexibility index (Phi) is 4.56. The van der Waals surface area contributed by atoms with Crippen molar-refractivity contribution in [3.8, 4) is 0 Å². The van der Waals surface area contributed by atoms with E-state index in [9.17, 15) is 4.79 Å². The lowest BCUT2D eigenvalue weighted by Crippen LogP contribution is -2.31. The van der Waals surface area contributed by atoms with Gasteiger partial charge in [0.25, 0.3) is 0 Å². The molecule has 0 saturated heterocycles. The molecule has 1 aliphatic carbocycles. The number of anilines is 1. The third-order valence-electron chi connectivity index (χ3n) is 3.66. The van der Waals surface area contributed by atoms with Gasteiger partial charge in [-0.3, -0.25) is 9.69 Å². The Morgan fingerprint density at radius 1 is 1.24 bits per heavy atom. The first kappa shape index (κ1) is 14.5. The van der Waals surface area contributed by atoms with E-state index in [0.29, 0.717) is 6.54 Å². The summed E-state index contributed by atoms with van der Waals surface area (Å²) in [5.41, 5.74) is 2.26. The molecule has 2 aromatic rings. The molecule has 0 bridgehead atoms. The van der Waals surface area contributed by atoms with E-state index in [1.807, 2.05) is 30.3 Å². The van der Waals surface area contributed by atoms with Crippen molar-refractivity contribution < 1.29 is 4.79 Å². The van der Waals surface area contributed by atoms with Gasteiger partial charge in [-0.05, 0) is 31.2 Å². The largest absolute Gasteiger partial charge is 0.283 e. The van der Waals surface area contributed by atoms with E-state index in [1.54, 1.807) is 16.2 Å². The molecular weight excluding hydrogens is 304 g/mol. The van der Waals surface area contributed by atoms with Crippen molar-refractivity contribution in [1.82, 2.24) is 4.98 Å². The third-order valence-corrected chi connectivity index (χ3v) is 5.07. The number of carbonyl (C=O) groups is 1. The minimum atomic E-state index is -0.0911. The number of fused-ring (bicyclic) bond motifs is 1. The van der Waals surface area contributed by atoms with Crippen LogP contribution in [0.4, 0.5) is 5.13 Å². The molecule has 0 radical (unpaired) electrons. The molecule has 1 aromatic carbocycles. The number of alkyl halides is 1. The molecule has 1 aromatic heterocycles. The van der Waals surface area contributed by atoms with Crippen LogP contribution in [-0.4, -0.2) is 16.8 Å². The Morgan fingerprint density at radius 2 is 2.00 bits per heavy atom. The maximum absolute atomic E-state index is 12.2. The molecule has 1 amide bonds. The Bertz CT molecular complexity index is 603. The number of benzene rings is 1. The molecule has 110 valence electrons. The maximum atomic E-state index is 12.2. The zero-order valence-corrected chi connectivity index (χ0v) is 13.3. The van der Waals surface area contributed by atoms with E-state index in [1.165, 1.54) is 23.4 Å². The minimum absolute atomic E-state index is 0.0168. The summed E-state index contributed by atoms with van der Waals surface area (Å²) in [5, 5.41) is 0.788. The topological polar surface area (TPSA) is 33.2 Å². The van der Waals surface area contributed by atoms with Crippen LogP contribution in [0.1, 0.15) is 29.0 Å². The average molecular weight is 321 g/mol. The molecule has 3 nitrogen and oxygen atoms in total. The summed E-state index contributed by atoms with van der Waals surface area (Å²) in [6.45, 7) is 0.527. The van der Waals surface area contributed by atoms with E-state index >= 15 is 0 Å². The SMILES string of the molecule is O=C(CCl)N(Cc1ccccc1)c1nc2c(s1)CCCC2. The van der Waals surface area contributed by atoms with Crippen LogP contribution in [0.25, 0.3) is 0 Å². The molecule has 3 rings (SSSR count). The minimum Gasteiger partial charge on any atom is -0.283 e. The summed E-state index contributed by atoms with van der Waals surface area (Å²) < 4.78 is 0.